The molecular formula is C16H9Br2FO. The molecule has 0 radical (unpaired) electrons. The second-order valence-electron chi connectivity index (χ2n) is 4.31. The zero-order valence-electron chi connectivity index (χ0n) is 10.2. The number of hydrogen-bond acceptors (Lipinski definition) is 1. The van der Waals surface area contributed by atoms with Crippen LogP contribution in [0.5, 0.6) is 0 Å². The molecule has 2 aromatic carbocycles. The zero-order valence-corrected chi connectivity index (χ0v) is 13.4. The lowest BCUT2D eigenvalue weighted by Crippen LogP contribution is -1.82. The third kappa shape index (κ3) is 2.58. The fraction of sp³-hybridized carbons (Fsp3) is 0. The van der Waals surface area contributed by atoms with Crippen LogP contribution in [0.25, 0.3) is 22.5 Å². The van der Waals surface area contributed by atoms with E-state index < -0.39 is 0 Å². The molecule has 0 aliphatic heterocycles. The molecule has 1 aromatic heterocycles. The standard InChI is InChI=1S/C16H9Br2FO/c17-12-5-1-10(2-6-12)14-9-20-16(15(14)19)11-3-7-13(18)8-4-11/h1-9H. The monoisotopic (exact) mass is 394 g/mol. The van der Waals surface area contributed by atoms with Gasteiger partial charge in [0.1, 0.15) is 6.26 Å². The molecule has 0 saturated heterocycles. The molecule has 100 valence electrons. The van der Waals surface area contributed by atoms with Crippen molar-refractivity contribution in [3.63, 3.8) is 0 Å². The average molecular weight is 396 g/mol. The van der Waals surface area contributed by atoms with Crippen LogP contribution in [0.3, 0.4) is 0 Å². The van der Waals surface area contributed by atoms with Crippen molar-refractivity contribution in [1.82, 2.24) is 0 Å². The predicted molar refractivity (Wildman–Crippen MR) is 84.9 cm³/mol. The largest absolute Gasteiger partial charge is 0.460 e. The van der Waals surface area contributed by atoms with Gasteiger partial charge in [0.2, 0.25) is 0 Å². The number of benzene rings is 2. The van der Waals surface area contributed by atoms with Crippen molar-refractivity contribution in [3.05, 3.63) is 69.6 Å². The first-order valence-corrected chi connectivity index (χ1v) is 7.52. The fourth-order valence-corrected chi connectivity index (χ4v) is 2.49. The molecule has 3 aromatic rings. The maximum absolute atomic E-state index is 14.5. The number of furan rings is 1. The third-order valence-electron chi connectivity index (χ3n) is 2.99. The maximum Gasteiger partial charge on any atom is 0.177 e. The summed E-state index contributed by atoms with van der Waals surface area (Å²) in [4.78, 5) is 0. The molecule has 0 N–H and O–H groups in total. The van der Waals surface area contributed by atoms with Crippen LogP contribution in [0.2, 0.25) is 0 Å². The average Bonchev–Trinajstić information content (AvgIpc) is 2.83. The van der Waals surface area contributed by atoms with E-state index in [2.05, 4.69) is 31.9 Å². The third-order valence-corrected chi connectivity index (χ3v) is 4.05. The second-order valence-corrected chi connectivity index (χ2v) is 6.14. The summed E-state index contributed by atoms with van der Waals surface area (Å²) in [6.45, 7) is 0. The summed E-state index contributed by atoms with van der Waals surface area (Å²) in [5.74, 6) is -0.0786. The van der Waals surface area contributed by atoms with E-state index in [4.69, 9.17) is 4.42 Å². The summed E-state index contributed by atoms with van der Waals surface area (Å²) in [7, 11) is 0. The molecule has 3 rings (SSSR count). The first kappa shape index (κ1) is 13.6. The van der Waals surface area contributed by atoms with E-state index in [0.717, 1.165) is 14.5 Å². The van der Waals surface area contributed by atoms with Gasteiger partial charge in [-0.2, -0.15) is 0 Å². The van der Waals surface area contributed by atoms with Crippen LogP contribution < -0.4 is 0 Å². The molecule has 20 heavy (non-hydrogen) atoms. The highest BCUT2D eigenvalue weighted by Crippen LogP contribution is 2.33. The lowest BCUT2D eigenvalue weighted by molar-refractivity contribution is 0.549. The molecule has 0 atom stereocenters. The highest BCUT2D eigenvalue weighted by atomic mass is 79.9. The quantitative estimate of drug-likeness (QED) is 0.497. The predicted octanol–water partition coefficient (Wildman–Crippen LogP) is 6.28. The van der Waals surface area contributed by atoms with Gasteiger partial charge < -0.3 is 4.42 Å². The smallest absolute Gasteiger partial charge is 0.177 e. The molecule has 0 unspecified atom stereocenters. The van der Waals surface area contributed by atoms with Gasteiger partial charge in [-0.25, -0.2) is 4.39 Å². The molecular weight excluding hydrogens is 387 g/mol. The summed E-state index contributed by atoms with van der Waals surface area (Å²) in [6, 6.07) is 14.8. The van der Waals surface area contributed by atoms with E-state index in [9.17, 15) is 4.39 Å². The minimum atomic E-state index is -0.338. The van der Waals surface area contributed by atoms with Gasteiger partial charge in [-0.1, -0.05) is 56.1 Å². The molecule has 0 aliphatic carbocycles. The summed E-state index contributed by atoms with van der Waals surface area (Å²) in [5.41, 5.74) is 1.97. The molecule has 1 nitrogen and oxygen atoms in total. The van der Waals surface area contributed by atoms with Crippen molar-refractivity contribution in [2.75, 3.05) is 0 Å². The van der Waals surface area contributed by atoms with E-state index in [1.165, 1.54) is 6.26 Å². The van der Waals surface area contributed by atoms with Crippen molar-refractivity contribution >= 4 is 31.9 Å². The van der Waals surface area contributed by atoms with Crippen LogP contribution in [0, 0.1) is 5.82 Å². The lowest BCUT2D eigenvalue weighted by Gasteiger charge is -1.99. The molecule has 0 spiro atoms. The normalized spacial score (nSPS) is 10.8. The summed E-state index contributed by atoms with van der Waals surface area (Å²) in [5, 5.41) is 0. The van der Waals surface area contributed by atoms with Gasteiger partial charge in [-0.3, -0.25) is 0 Å². The van der Waals surface area contributed by atoms with Gasteiger partial charge in [0.05, 0.1) is 5.56 Å². The van der Waals surface area contributed by atoms with E-state index in [0.29, 0.717) is 11.1 Å². The molecule has 0 saturated carbocycles. The lowest BCUT2D eigenvalue weighted by atomic mass is 10.1. The van der Waals surface area contributed by atoms with Crippen LogP contribution in [-0.4, -0.2) is 0 Å². The topological polar surface area (TPSA) is 13.1 Å². The zero-order chi connectivity index (χ0) is 14.1. The van der Waals surface area contributed by atoms with Crippen LogP contribution in [0.4, 0.5) is 4.39 Å². The van der Waals surface area contributed by atoms with E-state index in [1.54, 1.807) is 0 Å². The fourth-order valence-electron chi connectivity index (χ4n) is 1.96. The summed E-state index contributed by atoms with van der Waals surface area (Å²) < 4.78 is 21.8. The van der Waals surface area contributed by atoms with Crippen molar-refractivity contribution in [2.24, 2.45) is 0 Å². The Hall–Kier alpha value is -1.39. The van der Waals surface area contributed by atoms with E-state index >= 15 is 0 Å². The van der Waals surface area contributed by atoms with Gasteiger partial charge in [0.15, 0.2) is 11.6 Å². The van der Waals surface area contributed by atoms with Crippen molar-refractivity contribution in [3.8, 4) is 22.5 Å². The molecule has 4 heteroatoms. The Morgan fingerprint density at radius 2 is 1.25 bits per heavy atom. The number of halogens is 3. The van der Waals surface area contributed by atoms with Crippen molar-refractivity contribution < 1.29 is 8.81 Å². The Balaban J connectivity index is 2.04. The van der Waals surface area contributed by atoms with Gasteiger partial charge in [-0.15, -0.1) is 0 Å². The number of hydrogen-bond donors (Lipinski definition) is 0. The molecule has 0 amide bonds. The van der Waals surface area contributed by atoms with Crippen LogP contribution in [0.1, 0.15) is 0 Å². The first-order chi connectivity index (χ1) is 9.65. The molecule has 0 fully saturated rings. The Bertz CT molecular complexity index is 667. The van der Waals surface area contributed by atoms with E-state index in [-0.39, 0.29) is 11.6 Å². The van der Waals surface area contributed by atoms with Crippen LogP contribution in [0.15, 0.2) is 68.2 Å². The minimum absolute atomic E-state index is 0.260. The Morgan fingerprint density at radius 3 is 1.80 bits per heavy atom. The summed E-state index contributed by atoms with van der Waals surface area (Å²) >= 11 is 6.72. The van der Waals surface area contributed by atoms with Crippen molar-refractivity contribution in [2.45, 2.75) is 0 Å². The first-order valence-electron chi connectivity index (χ1n) is 5.94. The van der Waals surface area contributed by atoms with Crippen molar-refractivity contribution in [1.29, 1.82) is 0 Å². The van der Waals surface area contributed by atoms with Gasteiger partial charge in [0.25, 0.3) is 0 Å². The van der Waals surface area contributed by atoms with Gasteiger partial charge in [-0.05, 0) is 29.8 Å². The minimum Gasteiger partial charge on any atom is -0.460 e. The molecule has 1 heterocycles. The van der Waals surface area contributed by atoms with Gasteiger partial charge >= 0.3 is 0 Å². The Kier molecular flexibility index (Phi) is 3.76. The molecule has 0 bridgehead atoms. The highest BCUT2D eigenvalue weighted by molar-refractivity contribution is 9.10. The molecule has 0 aliphatic rings. The Labute approximate surface area is 132 Å². The van der Waals surface area contributed by atoms with Crippen LogP contribution in [-0.2, 0) is 0 Å². The SMILES string of the molecule is Fc1c(-c2ccc(Br)cc2)coc1-c1ccc(Br)cc1. The second kappa shape index (κ2) is 5.54. The summed E-state index contributed by atoms with van der Waals surface area (Å²) in [6.07, 6.45) is 1.45. The number of rotatable bonds is 2. The van der Waals surface area contributed by atoms with Gasteiger partial charge in [0, 0.05) is 14.5 Å². The highest BCUT2D eigenvalue weighted by Gasteiger charge is 2.16. The maximum atomic E-state index is 14.5. The Morgan fingerprint density at radius 1 is 0.750 bits per heavy atom. The van der Waals surface area contributed by atoms with E-state index in [1.807, 2.05) is 48.5 Å². The van der Waals surface area contributed by atoms with Crippen LogP contribution >= 0.6 is 31.9 Å².